The molecule has 0 aliphatic rings. The lowest BCUT2D eigenvalue weighted by Gasteiger charge is -2.17. The number of nitrogens with zero attached hydrogens (tertiary/aromatic N) is 1. The number of benzene rings is 2. The fourth-order valence-electron chi connectivity index (χ4n) is 2.55. The minimum Gasteiger partial charge on any atom is -0.326 e. The van der Waals surface area contributed by atoms with E-state index in [1.165, 1.54) is 0 Å². The third-order valence-electron chi connectivity index (χ3n) is 3.75. The molecule has 1 atom stereocenters. The van der Waals surface area contributed by atoms with Crippen molar-refractivity contribution in [2.24, 2.45) is 0 Å². The van der Waals surface area contributed by atoms with Crippen molar-refractivity contribution in [3.63, 3.8) is 0 Å². The van der Waals surface area contributed by atoms with Crippen LogP contribution in [0, 0.1) is 0 Å². The molecule has 0 aliphatic carbocycles. The zero-order valence-corrected chi connectivity index (χ0v) is 12.7. The van der Waals surface area contributed by atoms with Gasteiger partial charge in [-0.05, 0) is 41.8 Å². The molecule has 0 saturated heterocycles. The first-order valence-electron chi connectivity index (χ1n) is 7.63. The highest BCUT2D eigenvalue weighted by Gasteiger charge is 2.21. The van der Waals surface area contributed by atoms with Crippen molar-refractivity contribution < 1.29 is 4.79 Å². The lowest BCUT2D eigenvalue weighted by atomic mass is 9.91. The second-order valence-corrected chi connectivity index (χ2v) is 5.38. The topological polar surface area (TPSA) is 42.0 Å². The molecule has 0 aliphatic heterocycles. The van der Waals surface area contributed by atoms with E-state index < -0.39 is 0 Å². The largest absolute Gasteiger partial charge is 0.326 e. The lowest BCUT2D eigenvalue weighted by molar-refractivity contribution is -0.117. The van der Waals surface area contributed by atoms with E-state index in [0.29, 0.717) is 6.42 Å². The van der Waals surface area contributed by atoms with E-state index in [4.69, 9.17) is 0 Å². The number of carbonyl (C=O) groups is 1. The summed E-state index contributed by atoms with van der Waals surface area (Å²) in [5, 5.41) is 3.01. The van der Waals surface area contributed by atoms with Crippen molar-refractivity contribution in [1.29, 1.82) is 0 Å². The first kappa shape index (κ1) is 15.0. The maximum Gasteiger partial charge on any atom is 0.232 e. The van der Waals surface area contributed by atoms with E-state index in [1.54, 1.807) is 12.4 Å². The molecule has 1 aromatic heterocycles. The molecule has 3 rings (SSSR count). The maximum absolute atomic E-state index is 12.8. The first-order valence-corrected chi connectivity index (χ1v) is 7.63. The number of aromatic nitrogens is 1. The molecule has 1 heterocycles. The van der Waals surface area contributed by atoms with Crippen molar-refractivity contribution in [2.45, 2.75) is 12.3 Å². The molecule has 1 N–H and O–H groups in total. The summed E-state index contributed by atoms with van der Waals surface area (Å²) in [5.74, 6) is -0.238. The SMILES string of the molecule is O=C(Nc1ccccc1)C(Cc1ccncc1)c1ccccc1. The van der Waals surface area contributed by atoms with Gasteiger partial charge in [-0.25, -0.2) is 0 Å². The van der Waals surface area contributed by atoms with E-state index in [2.05, 4.69) is 10.3 Å². The van der Waals surface area contributed by atoms with Gasteiger partial charge in [0.25, 0.3) is 0 Å². The summed E-state index contributed by atoms with van der Waals surface area (Å²) in [6.45, 7) is 0. The molecular formula is C20H18N2O. The summed E-state index contributed by atoms with van der Waals surface area (Å²) in [4.78, 5) is 16.8. The van der Waals surface area contributed by atoms with Crippen molar-refractivity contribution in [2.75, 3.05) is 5.32 Å². The molecule has 3 nitrogen and oxygen atoms in total. The van der Waals surface area contributed by atoms with Gasteiger partial charge in [-0.1, -0.05) is 48.5 Å². The Morgan fingerprint density at radius 1 is 0.870 bits per heavy atom. The van der Waals surface area contributed by atoms with Gasteiger partial charge in [-0.2, -0.15) is 0 Å². The third kappa shape index (κ3) is 4.04. The van der Waals surface area contributed by atoms with Crippen LogP contribution in [0.15, 0.2) is 85.2 Å². The van der Waals surface area contributed by atoms with E-state index in [0.717, 1.165) is 16.8 Å². The van der Waals surface area contributed by atoms with Gasteiger partial charge >= 0.3 is 0 Å². The number of pyridine rings is 1. The minimum atomic E-state index is -0.237. The second kappa shape index (κ2) is 7.36. The molecule has 0 saturated carbocycles. The van der Waals surface area contributed by atoms with E-state index in [9.17, 15) is 4.79 Å². The highest BCUT2D eigenvalue weighted by Crippen LogP contribution is 2.23. The van der Waals surface area contributed by atoms with Crippen molar-refractivity contribution in [3.8, 4) is 0 Å². The van der Waals surface area contributed by atoms with Crippen LogP contribution >= 0.6 is 0 Å². The van der Waals surface area contributed by atoms with Crippen molar-refractivity contribution in [3.05, 3.63) is 96.3 Å². The van der Waals surface area contributed by atoms with Crippen LogP contribution in [0.5, 0.6) is 0 Å². The molecule has 3 aromatic rings. The molecule has 1 unspecified atom stereocenters. The van der Waals surface area contributed by atoms with Gasteiger partial charge in [0.2, 0.25) is 5.91 Å². The average Bonchev–Trinajstić information content (AvgIpc) is 2.62. The third-order valence-corrected chi connectivity index (χ3v) is 3.75. The highest BCUT2D eigenvalue weighted by molar-refractivity contribution is 5.96. The van der Waals surface area contributed by atoms with Gasteiger partial charge in [0, 0.05) is 18.1 Å². The summed E-state index contributed by atoms with van der Waals surface area (Å²) in [6.07, 6.45) is 4.16. The van der Waals surface area contributed by atoms with Crippen LogP contribution in [-0.2, 0) is 11.2 Å². The molecule has 0 spiro atoms. The summed E-state index contributed by atoms with van der Waals surface area (Å²) >= 11 is 0. The van der Waals surface area contributed by atoms with Crippen LogP contribution in [0.4, 0.5) is 5.69 Å². The Kier molecular flexibility index (Phi) is 4.79. The molecule has 23 heavy (non-hydrogen) atoms. The van der Waals surface area contributed by atoms with E-state index in [-0.39, 0.29) is 11.8 Å². The number of nitrogens with one attached hydrogen (secondary N) is 1. The van der Waals surface area contributed by atoms with Crippen LogP contribution in [0.25, 0.3) is 0 Å². The molecule has 0 bridgehead atoms. The molecule has 114 valence electrons. The smallest absolute Gasteiger partial charge is 0.232 e. The average molecular weight is 302 g/mol. The van der Waals surface area contributed by atoms with Crippen LogP contribution in [-0.4, -0.2) is 10.9 Å². The van der Waals surface area contributed by atoms with Crippen LogP contribution in [0.3, 0.4) is 0 Å². The van der Waals surface area contributed by atoms with E-state index >= 15 is 0 Å². The maximum atomic E-state index is 12.8. The molecular weight excluding hydrogens is 284 g/mol. The monoisotopic (exact) mass is 302 g/mol. The summed E-state index contributed by atoms with van der Waals surface area (Å²) in [5.41, 5.74) is 2.92. The predicted octanol–water partition coefficient (Wildman–Crippen LogP) is 4.05. The molecule has 0 radical (unpaired) electrons. The second-order valence-electron chi connectivity index (χ2n) is 5.38. The minimum absolute atomic E-state index is 0.000729. The Hall–Kier alpha value is -2.94. The summed E-state index contributed by atoms with van der Waals surface area (Å²) in [7, 11) is 0. The first-order chi connectivity index (χ1) is 11.3. The van der Waals surface area contributed by atoms with E-state index in [1.807, 2.05) is 72.8 Å². The summed E-state index contributed by atoms with van der Waals surface area (Å²) in [6, 6.07) is 23.3. The number of anilines is 1. The summed E-state index contributed by atoms with van der Waals surface area (Å²) < 4.78 is 0. The van der Waals surface area contributed by atoms with Gasteiger partial charge in [0.1, 0.15) is 0 Å². The zero-order valence-electron chi connectivity index (χ0n) is 12.7. The molecule has 1 amide bonds. The van der Waals surface area contributed by atoms with Crippen LogP contribution < -0.4 is 5.32 Å². The van der Waals surface area contributed by atoms with Gasteiger partial charge in [0.15, 0.2) is 0 Å². The fraction of sp³-hybridized carbons (Fsp3) is 0.100. The number of hydrogen-bond acceptors (Lipinski definition) is 2. The molecule has 3 heteroatoms. The van der Waals surface area contributed by atoms with Crippen molar-refractivity contribution >= 4 is 11.6 Å². The molecule has 0 fully saturated rings. The Morgan fingerprint density at radius 3 is 2.13 bits per heavy atom. The quantitative estimate of drug-likeness (QED) is 0.772. The number of rotatable bonds is 5. The number of carbonyl (C=O) groups excluding carboxylic acids is 1. The number of amides is 1. The lowest BCUT2D eigenvalue weighted by Crippen LogP contribution is -2.23. The zero-order chi connectivity index (χ0) is 15.9. The predicted molar refractivity (Wildman–Crippen MR) is 92.2 cm³/mol. The van der Waals surface area contributed by atoms with Crippen LogP contribution in [0.1, 0.15) is 17.0 Å². The van der Waals surface area contributed by atoms with Crippen LogP contribution in [0.2, 0.25) is 0 Å². The Bertz CT molecular complexity index is 742. The number of para-hydroxylation sites is 1. The Morgan fingerprint density at radius 2 is 1.48 bits per heavy atom. The highest BCUT2D eigenvalue weighted by atomic mass is 16.1. The van der Waals surface area contributed by atoms with Crippen molar-refractivity contribution in [1.82, 2.24) is 4.98 Å². The Labute approximate surface area is 136 Å². The standard InChI is InChI=1S/C20H18N2O/c23-20(22-18-9-5-2-6-10-18)19(17-7-3-1-4-8-17)15-16-11-13-21-14-12-16/h1-14,19H,15H2,(H,22,23). The molecule has 2 aromatic carbocycles. The number of hydrogen-bond donors (Lipinski definition) is 1. The Balaban J connectivity index is 1.84. The van der Waals surface area contributed by atoms with Gasteiger partial charge in [-0.15, -0.1) is 0 Å². The van der Waals surface area contributed by atoms with Gasteiger partial charge in [0.05, 0.1) is 5.92 Å². The van der Waals surface area contributed by atoms with Gasteiger partial charge in [-0.3, -0.25) is 9.78 Å². The fourth-order valence-corrected chi connectivity index (χ4v) is 2.55. The van der Waals surface area contributed by atoms with Gasteiger partial charge < -0.3 is 5.32 Å². The normalized spacial score (nSPS) is 11.7.